The number of carboxylic acid groups (broad SMARTS) is 1. The van der Waals surface area contributed by atoms with Gasteiger partial charge >= 0.3 is 11.9 Å². The summed E-state index contributed by atoms with van der Waals surface area (Å²) < 4.78 is 5.10. The molecule has 0 saturated heterocycles. The molecule has 0 unspecified atom stereocenters. The maximum Gasteiger partial charge on any atom is 0.342 e. The minimum Gasteiger partial charge on any atom is -0.508 e. The highest BCUT2D eigenvalue weighted by Crippen LogP contribution is 2.40. The number of rotatable bonds is 5. The summed E-state index contributed by atoms with van der Waals surface area (Å²) in [6, 6.07) is 9.19. The lowest BCUT2D eigenvalue weighted by Gasteiger charge is -2.25. The van der Waals surface area contributed by atoms with Gasteiger partial charge in [0, 0.05) is 24.5 Å². The fraction of sp³-hybridized carbons (Fsp3) is 0.263. The van der Waals surface area contributed by atoms with E-state index in [-0.39, 0.29) is 29.8 Å². The number of carbonyl (C=O) groups is 2. The van der Waals surface area contributed by atoms with E-state index in [1.54, 1.807) is 31.2 Å². The van der Waals surface area contributed by atoms with Crippen molar-refractivity contribution in [1.82, 2.24) is 0 Å². The van der Waals surface area contributed by atoms with Crippen molar-refractivity contribution < 1.29 is 29.6 Å². The van der Waals surface area contributed by atoms with Gasteiger partial charge in [0.25, 0.3) is 0 Å². The predicted octanol–water partition coefficient (Wildman–Crippen LogP) is 2.31. The number of carbonyl (C=O) groups excluding carboxylic acids is 1. The first-order chi connectivity index (χ1) is 12.4. The second-order valence-electron chi connectivity index (χ2n) is 6.29. The van der Waals surface area contributed by atoms with E-state index < -0.39 is 29.8 Å². The Morgan fingerprint density at radius 3 is 2.65 bits per heavy atom. The zero-order valence-corrected chi connectivity index (χ0v) is 14.1. The summed E-state index contributed by atoms with van der Waals surface area (Å²) in [5.41, 5.74) is 0.930. The zero-order chi connectivity index (χ0) is 18.8. The maximum absolute atomic E-state index is 12.1. The number of esters is 1. The normalized spacial score (nSPS) is 17.1. The Labute approximate surface area is 149 Å². The molecule has 2 aromatic rings. The van der Waals surface area contributed by atoms with Crippen LogP contribution >= 0.6 is 0 Å². The Balaban J connectivity index is 1.93. The van der Waals surface area contributed by atoms with Crippen LogP contribution in [0.2, 0.25) is 0 Å². The van der Waals surface area contributed by atoms with Crippen molar-refractivity contribution in [2.45, 2.75) is 31.9 Å². The molecule has 0 amide bonds. The van der Waals surface area contributed by atoms with E-state index in [0.717, 1.165) is 5.56 Å². The molecule has 0 spiro atoms. The number of nitrogens with one attached hydrogen (secondary N) is 1. The van der Waals surface area contributed by atoms with Gasteiger partial charge in [-0.15, -0.1) is 0 Å². The minimum absolute atomic E-state index is 0.0314. The second-order valence-corrected chi connectivity index (χ2v) is 6.29. The third-order valence-electron chi connectivity index (χ3n) is 4.30. The summed E-state index contributed by atoms with van der Waals surface area (Å²) in [5.74, 6) is -2.48. The Morgan fingerprint density at radius 2 is 2.00 bits per heavy atom. The van der Waals surface area contributed by atoms with E-state index in [9.17, 15) is 24.9 Å². The summed E-state index contributed by atoms with van der Waals surface area (Å²) in [6.07, 6.45) is 0.0196. The molecule has 1 heterocycles. The average molecular weight is 357 g/mol. The standard InChI is InChI=1S/C19H19NO6/c1-10-7-12-15(21)9-13(17(22)16(12)19(25)26-10)20-14(18(23)24)8-11-5-3-2-4-6-11/h2-6,9-10,14,20-22H,7-8H2,1H3,(H,23,24)/t10-,14+/m1/s1. The van der Waals surface area contributed by atoms with E-state index in [1.165, 1.54) is 6.07 Å². The zero-order valence-electron chi connectivity index (χ0n) is 14.1. The van der Waals surface area contributed by atoms with Gasteiger partial charge in [0.05, 0.1) is 5.69 Å². The van der Waals surface area contributed by atoms with Gasteiger partial charge in [-0.1, -0.05) is 30.3 Å². The molecule has 0 bridgehead atoms. The van der Waals surface area contributed by atoms with Gasteiger partial charge in [-0.25, -0.2) is 9.59 Å². The molecule has 3 rings (SSSR count). The van der Waals surface area contributed by atoms with E-state index in [1.807, 2.05) is 6.07 Å². The van der Waals surface area contributed by atoms with Crippen LogP contribution in [0, 0.1) is 0 Å². The summed E-state index contributed by atoms with van der Waals surface area (Å²) in [5, 5.41) is 32.9. The van der Waals surface area contributed by atoms with Crippen LogP contribution in [0.3, 0.4) is 0 Å². The number of aromatic hydroxyl groups is 2. The molecule has 26 heavy (non-hydrogen) atoms. The molecule has 0 aliphatic carbocycles. The maximum atomic E-state index is 12.1. The van der Waals surface area contributed by atoms with Crippen molar-refractivity contribution in [3.05, 3.63) is 53.1 Å². The fourth-order valence-electron chi connectivity index (χ4n) is 3.04. The minimum atomic E-state index is -1.12. The second kappa shape index (κ2) is 6.95. The van der Waals surface area contributed by atoms with Gasteiger partial charge in [-0.3, -0.25) is 0 Å². The van der Waals surface area contributed by atoms with Gasteiger partial charge < -0.3 is 25.4 Å². The molecule has 2 aromatic carbocycles. The quantitative estimate of drug-likeness (QED) is 0.369. The number of benzene rings is 2. The summed E-state index contributed by atoms with van der Waals surface area (Å²) >= 11 is 0. The van der Waals surface area contributed by atoms with Crippen molar-refractivity contribution in [1.29, 1.82) is 0 Å². The van der Waals surface area contributed by atoms with Crippen LogP contribution in [0.25, 0.3) is 0 Å². The smallest absolute Gasteiger partial charge is 0.342 e. The lowest BCUT2D eigenvalue weighted by Crippen LogP contribution is -2.32. The SMILES string of the molecule is C[C@@H]1Cc2c(O)cc(N[C@@H](Cc3ccccc3)C(=O)O)c(O)c2C(=O)O1. The van der Waals surface area contributed by atoms with Crippen LogP contribution in [-0.4, -0.2) is 39.4 Å². The van der Waals surface area contributed by atoms with E-state index >= 15 is 0 Å². The first-order valence-corrected chi connectivity index (χ1v) is 8.19. The predicted molar refractivity (Wildman–Crippen MR) is 93.5 cm³/mol. The number of ether oxygens (including phenoxy) is 1. The Kier molecular flexibility index (Phi) is 4.71. The van der Waals surface area contributed by atoms with Crippen molar-refractivity contribution in [3.8, 4) is 11.5 Å². The molecular formula is C19H19NO6. The van der Waals surface area contributed by atoms with Crippen LogP contribution in [0.4, 0.5) is 5.69 Å². The van der Waals surface area contributed by atoms with Gasteiger partial charge in [-0.05, 0) is 12.5 Å². The first kappa shape index (κ1) is 17.6. The third kappa shape index (κ3) is 3.42. The number of anilines is 1. The largest absolute Gasteiger partial charge is 0.508 e. The Morgan fingerprint density at radius 1 is 1.31 bits per heavy atom. The highest BCUT2D eigenvalue weighted by atomic mass is 16.5. The van der Waals surface area contributed by atoms with Gasteiger partial charge in [0.2, 0.25) is 0 Å². The topological polar surface area (TPSA) is 116 Å². The highest BCUT2D eigenvalue weighted by Gasteiger charge is 2.32. The van der Waals surface area contributed by atoms with E-state index in [4.69, 9.17) is 4.74 Å². The lowest BCUT2D eigenvalue weighted by atomic mass is 9.95. The molecule has 0 saturated carbocycles. The number of phenolic OH excluding ortho intramolecular Hbond substituents is 2. The molecular weight excluding hydrogens is 338 g/mol. The van der Waals surface area contributed by atoms with E-state index in [0.29, 0.717) is 5.56 Å². The van der Waals surface area contributed by atoms with Crippen LogP contribution in [0.1, 0.15) is 28.4 Å². The average Bonchev–Trinajstić information content (AvgIpc) is 2.59. The van der Waals surface area contributed by atoms with Crippen molar-refractivity contribution >= 4 is 17.6 Å². The number of carboxylic acids is 1. The number of aliphatic carboxylic acids is 1. The lowest BCUT2D eigenvalue weighted by molar-refractivity contribution is -0.137. The van der Waals surface area contributed by atoms with E-state index in [2.05, 4.69) is 5.32 Å². The molecule has 1 aliphatic heterocycles. The summed E-state index contributed by atoms with van der Waals surface area (Å²) in [6.45, 7) is 1.68. The fourth-order valence-corrected chi connectivity index (χ4v) is 3.04. The molecule has 2 atom stereocenters. The molecule has 7 heteroatoms. The van der Waals surface area contributed by atoms with Crippen LogP contribution in [0.15, 0.2) is 36.4 Å². The van der Waals surface area contributed by atoms with Gasteiger partial charge in [-0.2, -0.15) is 0 Å². The van der Waals surface area contributed by atoms with Crippen molar-refractivity contribution in [2.75, 3.05) is 5.32 Å². The van der Waals surface area contributed by atoms with Crippen molar-refractivity contribution in [3.63, 3.8) is 0 Å². The molecule has 136 valence electrons. The van der Waals surface area contributed by atoms with Crippen molar-refractivity contribution in [2.24, 2.45) is 0 Å². The summed E-state index contributed by atoms with van der Waals surface area (Å²) in [7, 11) is 0. The van der Waals surface area contributed by atoms with Crippen LogP contribution in [0.5, 0.6) is 11.5 Å². The Hall–Kier alpha value is -3.22. The molecule has 0 fully saturated rings. The molecule has 4 N–H and O–H groups in total. The molecule has 0 aromatic heterocycles. The number of fused-ring (bicyclic) bond motifs is 1. The number of hydrogen-bond acceptors (Lipinski definition) is 6. The number of phenols is 2. The van der Waals surface area contributed by atoms with Crippen LogP contribution < -0.4 is 5.32 Å². The third-order valence-corrected chi connectivity index (χ3v) is 4.30. The molecule has 1 aliphatic rings. The van der Waals surface area contributed by atoms with Gasteiger partial charge in [0.15, 0.2) is 5.75 Å². The number of hydrogen-bond donors (Lipinski definition) is 4. The van der Waals surface area contributed by atoms with Crippen LogP contribution in [-0.2, 0) is 22.4 Å². The summed E-state index contributed by atoms with van der Waals surface area (Å²) in [4.78, 5) is 23.7. The first-order valence-electron chi connectivity index (χ1n) is 8.19. The molecule has 7 nitrogen and oxygen atoms in total. The van der Waals surface area contributed by atoms with Gasteiger partial charge in [0.1, 0.15) is 23.5 Å². The molecule has 0 radical (unpaired) electrons. The Bertz CT molecular complexity index is 849. The highest BCUT2D eigenvalue weighted by molar-refractivity contribution is 5.98. The number of cyclic esters (lactones) is 1. The monoisotopic (exact) mass is 357 g/mol.